The Morgan fingerprint density at radius 3 is 2.08 bits per heavy atom. The van der Waals surface area contributed by atoms with Crippen LogP contribution in [0.4, 0.5) is 0 Å². The van der Waals surface area contributed by atoms with Crippen molar-refractivity contribution in [1.82, 2.24) is 9.97 Å². The van der Waals surface area contributed by atoms with Gasteiger partial charge in [-0.05, 0) is 36.4 Å². The highest BCUT2D eigenvalue weighted by molar-refractivity contribution is 6.01. The van der Waals surface area contributed by atoms with Gasteiger partial charge in [-0.25, -0.2) is 4.98 Å². The lowest BCUT2D eigenvalue weighted by Gasteiger charge is -2.13. The van der Waals surface area contributed by atoms with Crippen LogP contribution in [-0.4, -0.2) is 9.97 Å². The van der Waals surface area contributed by atoms with Crippen molar-refractivity contribution in [3.8, 4) is 11.5 Å². The van der Waals surface area contributed by atoms with E-state index in [2.05, 4.69) is 4.98 Å². The Labute approximate surface area is 144 Å². The highest BCUT2D eigenvalue weighted by atomic mass is 16.5. The van der Waals surface area contributed by atoms with Gasteiger partial charge >= 0.3 is 0 Å². The van der Waals surface area contributed by atoms with E-state index in [0.717, 1.165) is 44.2 Å². The number of para-hydroxylation sites is 3. The second-order valence-electron chi connectivity index (χ2n) is 5.91. The van der Waals surface area contributed by atoms with Crippen molar-refractivity contribution in [3.63, 3.8) is 0 Å². The fourth-order valence-electron chi connectivity index (χ4n) is 3.18. The van der Waals surface area contributed by atoms with Crippen LogP contribution >= 0.6 is 0 Å². The zero-order chi connectivity index (χ0) is 16.6. The molecule has 0 aliphatic rings. The van der Waals surface area contributed by atoms with Gasteiger partial charge < -0.3 is 4.74 Å². The van der Waals surface area contributed by atoms with Crippen molar-refractivity contribution in [2.45, 2.75) is 0 Å². The largest absolute Gasteiger partial charge is 0.454 e. The lowest BCUT2D eigenvalue weighted by Crippen LogP contribution is -1.92. The van der Waals surface area contributed by atoms with Gasteiger partial charge in [0.2, 0.25) is 0 Å². The molecule has 25 heavy (non-hydrogen) atoms. The van der Waals surface area contributed by atoms with E-state index in [1.54, 1.807) is 6.20 Å². The fraction of sp³-hybridized carbons (Fsp3) is 0. The summed E-state index contributed by atoms with van der Waals surface area (Å²) < 4.78 is 6.42. The van der Waals surface area contributed by atoms with Crippen molar-refractivity contribution in [1.29, 1.82) is 0 Å². The molecule has 3 heteroatoms. The molecule has 0 fully saturated rings. The van der Waals surface area contributed by atoms with Crippen LogP contribution in [0.2, 0.25) is 0 Å². The van der Waals surface area contributed by atoms with Crippen molar-refractivity contribution in [2.24, 2.45) is 0 Å². The van der Waals surface area contributed by atoms with E-state index in [1.165, 1.54) is 0 Å². The molecule has 0 saturated heterocycles. The summed E-state index contributed by atoms with van der Waals surface area (Å²) in [4.78, 5) is 9.24. The molecule has 0 atom stereocenters. The van der Waals surface area contributed by atoms with E-state index in [0.29, 0.717) is 0 Å². The Balaban J connectivity index is 1.81. The lowest BCUT2D eigenvalue weighted by molar-refractivity contribution is 0.498. The third kappa shape index (κ3) is 2.29. The molecule has 0 unspecified atom stereocenters. The molecule has 0 N–H and O–H groups in total. The Morgan fingerprint density at radius 1 is 0.640 bits per heavy atom. The molecular formula is C22H14N2O. The second-order valence-corrected chi connectivity index (χ2v) is 5.91. The van der Waals surface area contributed by atoms with Crippen LogP contribution in [-0.2, 0) is 0 Å². The predicted molar refractivity (Wildman–Crippen MR) is 101 cm³/mol. The first-order chi connectivity index (χ1) is 12.4. The van der Waals surface area contributed by atoms with Crippen LogP contribution in [0.25, 0.3) is 32.7 Å². The quantitative estimate of drug-likeness (QED) is 0.389. The Hall–Kier alpha value is -3.46. The van der Waals surface area contributed by atoms with Crippen LogP contribution < -0.4 is 4.74 Å². The van der Waals surface area contributed by atoms with Crippen LogP contribution in [0.3, 0.4) is 0 Å². The summed E-state index contributed by atoms with van der Waals surface area (Å²) in [5.74, 6) is 1.57. The van der Waals surface area contributed by atoms with Gasteiger partial charge in [-0.2, -0.15) is 0 Å². The third-order valence-electron chi connectivity index (χ3n) is 4.35. The first-order valence-corrected chi connectivity index (χ1v) is 8.19. The van der Waals surface area contributed by atoms with Gasteiger partial charge in [0.15, 0.2) is 5.75 Å². The summed E-state index contributed by atoms with van der Waals surface area (Å²) in [6, 6.07) is 26.1. The van der Waals surface area contributed by atoms with Crippen molar-refractivity contribution >= 4 is 32.7 Å². The number of hydrogen-bond donors (Lipinski definition) is 0. The van der Waals surface area contributed by atoms with Crippen LogP contribution in [0.5, 0.6) is 11.5 Å². The average molecular weight is 322 g/mol. The minimum Gasteiger partial charge on any atom is -0.454 e. The summed E-state index contributed by atoms with van der Waals surface area (Å²) in [6.07, 6.45) is 1.79. The molecule has 0 radical (unpaired) electrons. The van der Waals surface area contributed by atoms with Crippen LogP contribution in [0.1, 0.15) is 0 Å². The number of aromatic nitrogens is 2. The summed E-state index contributed by atoms with van der Waals surface area (Å²) in [5, 5.41) is 3.05. The van der Waals surface area contributed by atoms with Crippen LogP contribution in [0.15, 0.2) is 85.1 Å². The smallest absolute Gasteiger partial charge is 0.153 e. The lowest BCUT2D eigenvalue weighted by atomic mass is 10.1. The number of nitrogens with zero attached hydrogens (tertiary/aromatic N) is 2. The van der Waals surface area contributed by atoms with Gasteiger partial charge in [0, 0.05) is 22.4 Å². The molecule has 2 heterocycles. The Kier molecular flexibility index (Phi) is 3.10. The van der Waals surface area contributed by atoms with E-state index in [4.69, 9.17) is 9.72 Å². The minimum atomic E-state index is 0.750. The molecular weight excluding hydrogens is 308 g/mol. The van der Waals surface area contributed by atoms with E-state index in [9.17, 15) is 0 Å². The van der Waals surface area contributed by atoms with E-state index in [-0.39, 0.29) is 0 Å². The van der Waals surface area contributed by atoms with Crippen molar-refractivity contribution in [3.05, 3.63) is 85.1 Å². The molecule has 0 aliphatic heterocycles. The highest BCUT2D eigenvalue weighted by Crippen LogP contribution is 2.37. The maximum absolute atomic E-state index is 6.42. The number of hydrogen-bond acceptors (Lipinski definition) is 3. The summed E-state index contributed by atoms with van der Waals surface area (Å²) in [6.45, 7) is 0. The molecule has 0 aliphatic carbocycles. The van der Waals surface area contributed by atoms with Gasteiger partial charge in [-0.1, -0.05) is 42.5 Å². The normalized spacial score (nSPS) is 11.2. The fourth-order valence-corrected chi connectivity index (χ4v) is 3.18. The molecule has 0 saturated carbocycles. The SMILES string of the molecule is c1cnc2c(Oc3c4ccccc4nc4ccccc34)cccc2c1. The van der Waals surface area contributed by atoms with E-state index < -0.39 is 0 Å². The summed E-state index contributed by atoms with van der Waals surface area (Å²) in [7, 11) is 0. The van der Waals surface area contributed by atoms with Gasteiger partial charge in [0.1, 0.15) is 11.3 Å². The number of ether oxygens (including phenoxy) is 1. The molecule has 0 amide bonds. The third-order valence-corrected chi connectivity index (χ3v) is 4.35. The average Bonchev–Trinajstić information content (AvgIpc) is 2.68. The molecule has 0 bridgehead atoms. The summed E-state index contributed by atoms with van der Waals surface area (Å²) >= 11 is 0. The molecule has 2 aromatic heterocycles. The second kappa shape index (κ2) is 5.56. The molecule has 118 valence electrons. The number of benzene rings is 3. The molecule has 3 nitrogen and oxygen atoms in total. The number of fused-ring (bicyclic) bond motifs is 3. The minimum absolute atomic E-state index is 0.750. The molecule has 3 aromatic carbocycles. The maximum Gasteiger partial charge on any atom is 0.153 e. The first kappa shape index (κ1) is 13.9. The van der Waals surface area contributed by atoms with Crippen molar-refractivity contribution in [2.75, 3.05) is 0 Å². The predicted octanol–water partition coefficient (Wildman–Crippen LogP) is 5.73. The van der Waals surface area contributed by atoms with Crippen molar-refractivity contribution < 1.29 is 4.74 Å². The van der Waals surface area contributed by atoms with E-state index in [1.807, 2.05) is 78.9 Å². The zero-order valence-corrected chi connectivity index (χ0v) is 13.4. The Bertz CT molecular complexity index is 1170. The van der Waals surface area contributed by atoms with Gasteiger partial charge in [-0.15, -0.1) is 0 Å². The zero-order valence-electron chi connectivity index (χ0n) is 13.4. The molecule has 5 rings (SSSR count). The van der Waals surface area contributed by atoms with Gasteiger partial charge in [-0.3, -0.25) is 4.98 Å². The Morgan fingerprint density at radius 2 is 1.32 bits per heavy atom. The maximum atomic E-state index is 6.42. The first-order valence-electron chi connectivity index (χ1n) is 8.19. The number of rotatable bonds is 2. The topological polar surface area (TPSA) is 35.0 Å². The summed E-state index contributed by atoms with van der Waals surface area (Å²) in [5.41, 5.74) is 2.70. The molecule has 0 spiro atoms. The molecule has 5 aromatic rings. The van der Waals surface area contributed by atoms with Crippen LogP contribution in [0, 0.1) is 0 Å². The van der Waals surface area contributed by atoms with Gasteiger partial charge in [0.05, 0.1) is 11.0 Å². The van der Waals surface area contributed by atoms with E-state index >= 15 is 0 Å². The number of pyridine rings is 2. The standard InChI is InChI=1S/C22H14N2O/c1-3-11-18-16(9-1)22(17-10-2-4-12-19(17)24-18)25-20-13-5-7-15-8-6-14-23-21(15)20/h1-14H. The monoisotopic (exact) mass is 322 g/mol. The highest BCUT2D eigenvalue weighted by Gasteiger charge is 2.12. The van der Waals surface area contributed by atoms with Gasteiger partial charge in [0.25, 0.3) is 0 Å².